The number of H-pyrrole nitrogens is 1. The molecule has 0 fully saturated rings. The van der Waals surface area contributed by atoms with Crippen molar-refractivity contribution in [2.75, 3.05) is 0 Å². The molecular formula is C14H11ClN4O3S. The Kier molecular flexibility index (Phi) is 4.54. The molecule has 0 unspecified atom stereocenters. The average Bonchev–Trinajstić information content (AvgIpc) is 2.96. The van der Waals surface area contributed by atoms with Gasteiger partial charge in [0.2, 0.25) is 5.88 Å². The number of aromatic amines is 1. The van der Waals surface area contributed by atoms with Gasteiger partial charge in [-0.25, -0.2) is 9.78 Å². The summed E-state index contributed by atoms with van der Waals surface area (Å²) in [5.74, 6) is 0.579. The fourth-order valence-corrected chi connectivity index (χ4v) is 2.11. The first-order valence-corrected chi connectivity index (χ1v) is 7.38. The maximum Gasteiger partial charge on any atom is 0.284 e. The number of halogens is 1. The van der Waals surface area contributed by atoms with Crippen molar-refractivity contribution in [1.82, 2.24) is 20.0 Å². The Morgan fingerprint density at radius 2 is 2.04 bits per heavy atom. The van der Waals surface area contributed by atoms with E-state index in [2.05, 4.69) is 15.3 Å². The molecule has 1 N–H and O–H groups in total. The van der Waals surface area contributed by atoms with Gasteiger partial charge < -0.3 is 9.15 Å². The van der Waals surface area contributed by atoms with Crippen molar-refractivity contribution >= 4 is 23.8 Å². The highest BCUT2D eigenvalue weighted by Crippen LogP contribution is 2.11. The number of nitrogens with one attached hydrogen (secondary N) is 1. The number of nitrogens with zero attached hydrogens (tertiary/aromatic N) is 3. The fraction of sp³-hybridized carbons (Fsp3) is 0.143. The molecular weight excluding hydrogens is 340 g/mol. The molecule has 2 aromatic heterocycles. The molecule has 7 nitrogen and oxygen atoms in total. The van der Waals surface area contributed by atoms with Crippen LogP contribution in [0.1, 0.15) is 11.5 Å². The van der Waals surface area contributed by atoms with Crippen molar-refractivity contribution < 1.29 is 9.15 Å². The zero-order valence-corrected chi connectivity index (χ0v) is 13.3. The quantitative estimate of drug-likeness (QED) is 0.712. The van der Waals surface area contributed by atoms with Crippen molar-refractivity contribution in [2.45, 2.75) is 13.2 Å². The summed E-state index contributed by atoms with van der Waals surface area (Å²) in [6, 6.07) is 10.1. The number of hydrogen-bond donors (Lipinski definition) is 1. The summed E-state index contributed by atoms with van der Waals surface area (Å²) in [6.45, 7) is 0.371. The van der Waals surface area contributed by atoms with E-state index in [1.165, 1.54) is 16.8 Å². The number of benzene rings is 1. The Balaban J connectivity index is 1.74. The molecule has 3 rings (SSSR count). The van der Waals surface area contributed by atoms with E-state index in [4.69, 9.17) is 33.0 Å². The molecule has 0 amide bonds. The van der Waals surface area contributed by atoms with Crippen LogP contribution in [-0.2, 0) is 13.2 Å². The van der Waals surface area contributed by atoms with Crippen LogP contribution in [-0.4, -0.2) is 20.0 Å². The van der Waals surface area contributed by atoms with Crippen molar-refractivity contribution in [3.8, 4) is 5.88 Å². The number of ether oxygens (including phenoxy) is 1. The minimum absolute atomic E-state index is 0.0548. The topological polar surface area (TPSA) is 85.9 Å². The molecule has 118 valence electrons. The van der Waals surface area contributed by atoms with Gasteiger partial charge in [-0.15, -0.1) is 10.2 Å². The smallest absolute Gasteiger partial charge is 0.284 e. The maximum atomic E-state index is 11.9. The second kappa shape index (κ2) is 6.76. The van der Waals surface area contributed by atoms with E-state index in [0.29, 0.717) is 17.5 Å². The van der Waals surface area contributed by atoms with Crippen LogP contribution in [0.3, 0.4) is 0 Å². The Labute approximate surface area is 140 Å². The largest absolute Gasteiger partial charge is 0.467 e. The molecule has 0 saturated heterocycles. The first-order chi connectivity index (χ1) is 11.1. The van der Waals surface area contributed by atoms with Crippen LogP contribution in [0.4, 0.5) is 0 Å². The second-order valence-corrected chi connectivity index (χ2v) is 5.40. The van der Waals surface area contributed by atoms with Crippen LogP contribution in [0.25, 0.3) is 0 Å². The third kappa shape index (κ3) is 4.05. The van der Waals surface area contributed by atoms with Crippen LogP contribution < -0.4 is 10.3 Å². The molecule has 0 aliphatic rings. The lowest BCUT2D eigenvalue weighted by Gasteiger charge is -2.07. The van der Waals surface area contributed by atoms with Crippen molar-refractivity contribution in [3.05, 3.63) is 68.1 Å². The van der Waals surface area contributed by atoms with Gasteiger partial charge in [-0.1, -0.05) is 23.7 Å². The standard InChI is InChI=1S/C14H11ClN4O3S/c15-10-3-1-9(2-4-10)7-19-13(20)6-5-11(18-19)21-8-12-16-17-14(23)22-12/h1-6H,7-8H2,(H,17,23). The molecule has 0 atom stereocenters. The van der Waals surface area contributed by atoms with E-state index < -0.39 is 0 Å². The summed E-state index contributed by atoms with van der Waals surface area (Å²) in [5, 5.41) is 11.1. The molecule has 0 spiro atoms. The third-order valence-electron chi connectivity index (χ3n) is 2.91. The normalized spacial score (nSPS) is 10.7. The number of aromatic nitrogens is 4. The van der Waals surface area contributed by atoms with E-state index >= 15 is 0 Å². The van der Waals surface area contributed by atoms with E-state index in [-0.39, 0.29) is 22.9 Å². The highest BCUT2D eigenvalue weighted by molar-refractivity contribution is 7.71. The lowest BCUT2D eigenvalue weighted by Crippen LogP contribution is -2.22. The molecule has 3 aromatic rings. The van der Waals surface area contributed by atoms with Crippen LogP contribution in [0.5, 0.6) is 5.88 Å². The van der Waals surface area contributed by atoms with Gasteiger partial charge in [-0.2, -0.15) is 0 Å². The summed E-state index contributed by atoms with van der Waals surface area (Å²) in [7, 11) is 0. The zero-order valence-electron chi connectivity index (χ0n) is 11.7. The van der Waals surface area contributed by atoms with Gasteiger partial charge in [0.05, 0.1) is 6.54 Å². The Bertz CT molecular complexity index is 917. The lowest BCUT2D eigenvalue weighted by molar-refractivity contribution is 0.245. The van der Waals surface area contributed by atoms with E-state index in [1.807, 2.05) is 12.1 Å². The molecule has 23 heavy (non-hydrogen) atoms. The Morgan fingerprint density at radius 1 is 1.26 bits per heavy atom. The Morgan fingerprint density at radius 3 is 2.74 bits per heavy atom. The minimum Gasteiger partial charge on any atom is -0.467 e. The van der Waals surface area contributed by atoms with Crippen molar-refractivity contribution in [1.29, 1.82) is 0 Å². The SMILES string of the molecule is O=c1ccc(OCc2n[nH]c(=S)o2)nn1Cc1ccc(Cl)cc1. The lowest BCUT2D eigenvalue weighted by atomic mass is 10.2. The molecule has 0 aliphatic carbocycles. The predicted molar refractivity (Wildman–Crippen MR) is 85.1 cm³/mol. The second-order valence-electron chi connectivity index (χ2n) is 4.59. The molecule has 2 heterocycles. The van der Waals surface area contributed by atoms with Crippen molar-refractivity contribution in [3.63, 3.8) is 0 Å². The highest BCUT2D eigenvalue weighted by atomic mass is 35.5. The average molecular weight is 351 g/mol. The summed E-state index contributed by atoms with van der Waals surface area (Å²) in [5.41, 5.74) is 0.670. The van der Waals surface area contributed by atoms with Gasteiger partial charge in [0.1, 0.15) is 0 Å². The van der Waals surface area contributed by atoms with Gasteiger partial charge in [0.15, 0.2) is 6.61 Å². The van der Waals surface area contributed by atoms with E-state index in [0.717, 1.165) is 5.56 Å². The third-order valence-corrected chi connectivity index (χ3v) is 3.34. The molecule has 0 aliphatic heterocycles. The summed E-state index contributed by atoms with van der Waals surface area (Å²) in [4.78, 5) is 12.1. The summed E-state index contributed by atoms with van der Waals surface area (Å²) in [6.07, 6.45) is 0. The predicted octanol–water partition coefficient (Wildman–Crippen LogP) is 2.57. The molecule has 0 saturated carbocycles. The van der Waals surface area contributed by atoms with Crippen LogP contribution >= 0.6 is 23.8 Å². The van der Waals surface area contributed by atoms with Crippen molar-refractivity contribution in [2.24, 2.45) is 0 Å². The monoisotopic (exact) mass is 350 g/mol. The van der Waals surface area contributed by atoms with E-state index in [9.17, 15) is 4.79 Å². The molecule has 0 radical (unpaired) electrons. The Hall–Kier alpha value is -2.45. The first-order valence-electron chi connectivity index (χ1n) is 6.60. The molecule has 1 aromatic carbocycles. The summed E-state index contributed by atoms with van der Waals surface area (Å²) >= 11 is 10.6. The molecule has 0 bridgehead atoms. The minimum atomic E-state index is -0.232. The zero-order chi connectivity index (χ0) is 16.2. The van der Waals surface area contributed by atoms with Gasteiger partial charge in [-0.3, -0.25) is 4.79 Å². The van der Waals surface area contributed by atoms with Crippen LogP contribution in [0.2, 0.25) is 5.02 Å². The van der Waals surface area contributed by atoms with Crippen LogP contribution in [0.15, 0.2) is 45.6 Å². The maximum absolute atomic E-state index is 11.9. The van der Waals surface area contributed by atoms with E-state index in [1.54, 1.807) is 12.1 Å². The van der Waals surface area contributed by atoms with Crippen LogP contribution in [0, 0.1) is 4.84 Å². The number of rotatable bonds is 5. The van der Waals surface area contributed by atoms with Gasteiger partial charge >= 0.3 is 0 Å². The van der Waals surface area contributed by atoms with Gasteiger partial charge in [0.25, 0.3) is 16.3 Å². The van der Waals surface area contributed by atoms with Gasteiger partial charge in [0, 0.05) is 17.2 Å². The highest BCUT2D eigenvalue weighted by Gasteiger charge is 2.06. The number of hydrogen-bond acceptors (Lipinski definition) is 6. The first kappa shape index (κ1) is 15.4. The fourth-order valence-electron chi connectivity index (χ4n) is 1.84. The molecule has 9 heteroatoms. The summed E-state index contributed by atoms with van der Waals surface area (Å²) < 4.78 is 11.8. The van der Waals surface area contributed by atoms with Gasteiger partial charge in [-0.05, 0) is 29.9 Å².